The zero-order valence-electron chi connectivity index (χ0n) is 11.0. The van der Waals surface area contributed by atoms with Gasteiger partial charge in [0.15, 0.2) is 0 Å². The molecule has 2 aromatic rings. The Labute approximate surface area is 112 Å². The molecule has 0 atom stereocenters. The average molecular weight is 261 g/mol. The van der Waals surface area contributed by atoms with Crippen molar-refractivity contribution in [2.75, 3.05) is 0 Å². The molecular formula is C14H19N3S. The van der Waals surface area contributed by atoms with Crippen molar-refractivity contribution in [2.45, 2.75) is 37.5 Å². The van der Waals surface area contributed by atoms with Crippen molar-refractivity contribution in [2.24, 2.45) is 5.73 Å². The summed E-state index contributed by atoms with van der Waals surface area (Å²) in [7, 11) is 0. The molecule has 0 radical (unpaired) electrons. The van der Waals surface area contributed by atoms with E-state index in [4.69, 9.17) is 5.73 Å². The molecule has 96 valence electrons. The summed E-state index contributed by atoms with van der Waals surface area (Å²) in [4.78, 5) is 1.30. The van der Waals surface area contributed by atoms with Gasteiger partial charge in [-0.15, -0.1) is 11.8 Å². The Hall–Kier alpha value is -1.26. The van der Waals surface area contributed by atoms with Crippen LogP contribution in [0.4, 0.5) is 0 Å². The summed E-state index contributed by atoms with van der Waals surface area (Å²) < 4.78 is 0. The zero-order valence-corrected chi connectivity index (χ0v) is 11.8. The van der Waals surface area contributed by atoms with Gasteiger partial charge in [-0.1, -0.05) is 26.0 Å². The minimum Gasteiger partial charge on any atom is -0.325 e. The molecule has 3 nitrogen and oxygen atoms in total. The molecule has 0 fully saturated rings. The van der Waals surface area contributed by atoms with Crippen LogP contribution in [0.2, 0.25) is 0 Å². The van der Waals surface area contributed by atoms with Gasteiger partial charge < -0.3 is 5.73 Å². The number of hydrogen-bond donors (Lipinski definition) is 2. The topological polar surface area (TPSA) is 54.7 Å². The van der Waals surface area contributed by atoms with Crippen LogP contribution in [0.25, 0.3) is 11.1 Å². The predicted molar refractivity (Wildman–Crippen MR) is 77.6 cm³/mol. The second-order valence-corrected chi connectivity index (χ2v) is 6.22. The third-order valence-corrected chi connectivity index (χ3v) is 3.75. The first kappa shape index (κ1) is 13.2. The fourth-order valence-corrected chi connectivity index (χ4v) is 2.82. The van der Waals surface area contributed by atoms with E-state index in [-0.39, 0.29) is 0 Å². The summed E-state index contributed by atoms with van der Waals surface area (Å²) >= 11 is 1.87. The first-order chi connectivity index (χ1) is 8.61. The van der Waals surface area contributed by atoms with Crippen molar-refractivity contribution in [3.05, 3.63) is 35.7 Å². The fourth-order valence-electron chi connectivity index (χ4n) is 1.98. The number of rotatable bonds is 4. The predicted octanol–water partition coefficient (Wildman–Crippen LogP) is 3.34. The number of nitrogens with one attached hydrogen (secondary N) is 1. The molecule has 0 saturated heterocycles. The number of aromatic amines is 1. The molecule has 1 aromatic carbocycles. The molecule has 1 heterocycles. The Kier molecular flexibility index (Phi) is 4.09. The molecule has 0 unspecified atom stereocenters. The standard InChI is InChI=1S/C14H19N3S/c1-9(2)18-12-6-4-11(5-7-12)14-10(3)16-17-13(14)8-15/h4-7,9H,8,15H2,1-3H3,(H,16,17). The number of thioether (sulfide) groups is 1. The van der Waals surface area contributed by atoms with Crippen LogP contribution in [-0.2, 0) is 6.54 Å². The highest BCUT2D eigenvalue weighted by molar-refractivity contribution is 7.99. The van der Waals surface area contributed by atoms with E-state index in [1.165, 1.54) is 10.5 Å². The molecule has 3 N–H and O–H groups in total. The molecule has 2 rings (SSSR count). The Morgan fingerprint density at radius 3 is 2.50 bits per heavy atom. The summed E-state index contributed by atoms with van der Waals surface area (Å²) in [6.45, 7) is 6.89. The van der Waals surface area contributed by atoms with Gasteiger partial charge in [0.25, 0.3) is 0 Å². The molecule has 1 aromatic heterocycles. The Balaban J connectivity index is 2.31. The summed E-state index contributed by atoms with van der Waals surface area (Å²) in [6, 6.07) is 8.60. The van der Waals surface area contributed by atoms with E-state index in [0.29, 0.717) is 11.8 Å². The third kappa shape index (κ3) is 2.76. The van der Waals surface area contributed by atoms with Crippen LogP contribution in [0.3, 0.4) is 0 Å². The monoisotopic (exact) mass is 261 g/mol. The lowest BCUT2D eigenvalue weighted by molar-refractivity contribution is 0.940. The Morgan fingerprint density at radius 2 is 1.94 bits per heavy atom. The lowest BCUT2D eigenvalue weighted by Crippen LogP contribution is -1.98. The molecule has 0 amide bonds. The number of aromatic nitrogens is 2. The smallest absolute Gasteiger partial charge is 0.0838 e. The summed E-state index contributed by atoms with van der Waals surface area (Å²) in [6.07, 6.45) is 0. The maximum absolute atomic E-state index is 5.71. The van der Waals surface area contributed by atoms with Crippen molar-refractivity contribution in [3.8, 4) is 11.1 Å². The summed E-state index contributed by atoms with van der Waals surface area (Å²) in [5.41, 5.74) is 10.0. The summed E-state index contributed by atoms with van der Waals surface area (Å²) in [5.74, 6) is 0. The second kappa shape index (κ2) is 5.59. The van der Waals surface area contributed by atoms with E-state index in [2.05, 4.69) is 48.3 Å². The van der Waals surface area contributed by atoms with Gasteiger partial charge in [-0.3, -0.25) is 5.10 Å². The fraction of sp³-hybridized carbons (Fsp3) is 0.357. The molecule has 0 bridgehead atoms. The van der Waals surface area contributed by atoms with Gasteiger partial charge in [0.05, 0.1) is 5.69 Å². The van der Waals surface area contributed by atoms with Crippen molar-refractivity contribution in [1.82, 2.24) is 10.2 Å². The summed E-state index contributed by atoms with van der Waals surface area (Å²) in [5, 5.41) is 7.83. The van der Waals surface area contributed by atoms with E-state index in [1.54, 1.807) is 0 Å². The lowest BCUT2D eigenvalue weighted by Gasteiger charge is -2.07. The van der Waals surface area contributed by atoms with Crippen molar-refractivity contribution in [3.63, 3.8) is 0 Å². The maximum atomic E-state index is 5.71. The van der Waals surface area contributed by atoms with Crippen molar-refractivity contribution >= 4 is 11.8 Å². The molecule has 0 saturated carbocycles. The number of H-pyrrole nitrogens is 1. The third-order valence-electron chi connectivity index (χ3n) is 2.73. The quantitative estimate of drug-likeness (QED) is 0.830. The maximum Gasteiger partial charge on any atom is 0.0838 e. The van der Waals surface area contributed by atoms with Gasteiger partial charge in [0.2, 0.25) is 0 Å². The van der Waals surface area contributed by atoms with Gasteiger partial charge in [-0.05, 0) is 24.6 Å². The molecule has 4 heteroatoms. The Bertz CT molecular complexity index is 514. The van der Waals surface area contributed by atoms with Crippen LogP contribution >= 0.6 is 11.8 Å². The van der Waals surface area contributed by atoms with Gasteiger partial charge in [-0.2, -0.15) is 5.10 Å². The molecular weight excluding hydrogens is 242 g/mol. The number of nitrogens with two attached hydrogens (primary N) is 1. The van der Waals surface area contributed by atoms with Gasteiger partial charge in [0, 0.05) is 27.9 Å². The highest BCUT2D eigenvalue weighted by atomic mass is 32.2. The largest absolute Gasteiger partial charge is 0.325 e. The van der Waals surface area contributed by atoms with E-state index in [1.807, 2.05) is 18.7 Å². The minimum absolute atomic E-state index is 0.460. The van der Waals surface area contributed by atoms with Crippen LogP contribution < -0.4 is 5.73 Å². The number of nitrogens with zero attached hydrogens (tertiary/aromatic N) is 1. The first-order valence-corrected chi connectivity index (χ1v) is 7.00. The van der Waals surface area contributed by atoms with Crippen molar-refractivity contribution in [1.29, 1.82) is 0 Å². The van der Waals surface area contributed by atoms with E-state index in [0.717, 1.165) is 17.0 Å². The first-order valence-electron chi connectivity index (χ1n) is 6.12. The lowest BCUT2D eigenvalue weighted by atomic mass is 10.0. The Morgan fingerprint density at radius 1 is 1.28 bits per heavy atom. The molecule has 18 heavy (non-hydrogen) atoms. The number of benzene rings is 1. The highest BCUT2D eigenvalue weighted by Crippen LogP contribution is 2.29. The highest BCUT2D eigenvalue weighted by Gasteiger charge is 2.11. The van der Waals surface area contributed by atoms with E-state index < -0.39 is 0 Å². The normalized spacial score (nSPS) is 11.2. The van der Waals surface area contributed by atoms with Crippen LogP contribution in [0.15, 0.2) is 29.2 Å². The van der Waals surface area contributed by atoms with E-state index >= 15 is 0 Å². The van der Waals surface area contributed by atoms with Crippen LogP contribution in [0.1, 0.15) is 25.2 Å². The number of aryl methyl sites for hydroxylation is 1. The molecule has 0 aliphatic rings. The van der Waals surface area contributed by atoms with E-state index in [9.17, 15) is 0 Å². The van der Waals surface area contributed by atoms with Crippen LogP contribution in [0.5, 0.6) is 0 Å². The van der Waals surface area contributed by atoms with Crippen LogP contribution in [-0.4, -0.2) is 15.4 Å². The SMILES string of the molecule is Cc1[nH]nc(CN)c1-c1ccc(SC(C)C)cc1. The van der Waals surface area contributed by atoms with Gasteiger partial charge in [-0.25, -0.2) is 0 Å². The molecule has 0 spiro atoms. The molecule has 0 aliphatic carbocycles. The number of hydrogen-bond acceptors (Lipinski definition) is 3. The average Bonchev–Trinajstić information content (AvgIpc) is 2.71. The minimum atomic E-state index is 0.460. The molecule has 0 aliphatic heterocycles. The van der Waals surface area contributed by atoms with Crippen molar-refractivity contribution < 1.29 is 0 Å². The van der Waals surface area contributed by atoms with Crippen LogP contribution in [0, 0.1) is 6.92 Å². The van der Waals surface area contributed by atoms with Gasteiger partial charge in [0.1, 0.15) is 0 Å². The van der Waals surface area contributed by atoms with Gasteiger partial charge >= 0.3 is 0 Å². The second-order valence-electron chi connectivity index (χ2n) is 4.57. The zero-order chi connectivity index (χ0) is 13.1.